The van der Waals surface area contributed by atoms with Crippen LogP contribution in [0.2, 0.25) is 0 Å². The molecular formula is C29H25P. The predicted molar refractivity (Wildman–Crippen MR) is 129 cm³/mol. The number of rotatable bonds is 3. The molecule has 0 heterocycles. The van der Waals surface area contributed by atoms with E-state index in [0.29, 0.717) is 0 Å². The Balaban J connectivity index is 1.61. The highest BCUT2D eigenvalue weighted by Gasteiger charge is 2.46. The maximum atomic E-state index is 2.43. The van der Waals surface area contributed by atoms with E-state index in [1.165, 1.54) is 36.3 Å². The quantitative estimate of drug-likeness (QED) is 0.389. The molecular weight excluding hydrogens is 379 g/mol. The van der Waals surface area contributed by atoms with E-state index in [2.05, 4.69) is 103 Å². The van der Waals surface area contributed by atoms with Crippen LogP contribution in [0.3, 0.4) is 0 Å². The van der Waals surface area contributed by atoms with E-state index in [1.807, 2.05) is 0 Å². The fourth-order valence-electron chi connectivity index (χ4n) is 5.80. The summed E-state index contributed by atoms with van der Waals surface area (Å²) in [4.78, 5) is 0. The molecule has 0 bridgehead atoms. The molecule has 2 aliphatic carbocycles. The van der Waals surface area contributed by atoms with Crippen LogP contribution in [0.15, 0.2) is 103 Å². The van der Waals surface area contributed by atoms with Crippen LogP contribution in [-0.4, -0.2) is 0 Å². The summed E-state index contributed by atoms with van der Waals surface area (Å²) in [5.41, 5.74) is 6.57. The van der Waals surface area contributed by atoms with Crippen LogP contribution in [0.25, 0.3) is 0 Å². The van der Waals surface area contributed by atoms with Crippen molar-refractivity contribution in [1.82, 2.24) is 0 Å². The molecule has 0 nitrogen and oxygen atoms in total. The first-order chi connectivity index (χ1) is 14.9. The Kier molecular flexibility index (Phi) is 4.36. The van der Waals surface area contributed by atoms with Crippen LogP contribution in [-0.2, 0) is 18.3 Å². The molecule has 4 aromatic rings. The van der Waals surface area contributed by atoms with Gasteiger partial charge in [-0.2, -0.15) is 0 Å². The molecule has 0 radical (unpaired) electrons. The van der Waals surface area contributed by atoms with Crippen molar-refractivity contribution in [3.8, 4) is 0 Å². The first-order valence-electron chi connectivity index (χ1n) is 11.0. The number of aryl methyl sites for hydroxylation is 2. The van der Waals surface area contributed by atoms with Crippen molar-refractivity contribution in [2.75, 3.05) is 0 Å². The molecule has 6 rings (SSSR count). The SMILES string of the molecule is c1ccc(P(c2ccccc2)c2cccc3c2[C@]2(CCc4ccccc42)CC3)cc1. The summed E-state index contributed by atoms with van der Waals surface area (Å²) in [6, 6.07) is 38.6. The number of hydrogen-bond acceptors (Lipinski definition) is 0. The minimum Gasteiger partial charge on any atom is -0.0622 e. The van der Waals surface area contributed by atoms with E-state index >= 15 is 0 Å². The third-order valence-corrected chi connectivity index (χ3v) is 9.54. The fraction of sp³-hybridized carbons (Fsp3) is 0.172. The highest BCUT2D eigenvalue weighted by atomic mass is 31.1. The van der Waals surface area contributed by atoms with E-state index in [4.69, 9.17) is 0 Å². The molecule has 0 unspecified atom stereocenters. The van der Waals surface area contributed by atoms with Gasteiger partial charge in [0.1, 0.15) is 0 Å². The average molecular weight is 404 g/mol. The van der Waals surface area contributed by atoms with Crippen LogP contribution in [0, 0.1) is 0 Å². The van der Waals surface area contributed by atoms with Crippen molar-refractivity contribution < 1.29 is 0 Å². The Morgan fingerprint density at radius 1 is 0.533 bits per heavy atom. The van der Waals surface area contributed by atoms with Crippen molar-refractivity contribution in [2.24, 2.45) is 0 Å². The third kappa shape index (κ3) is 2.71. The average Bonchev–Trinajstić information content (AvgIpc) is 3.38. The van der Waals surface area contributed by atoms with Crippen LogP contribution >= 0.6 is 7.92 Å². The molecule has 1 atom stereocenters. The van der Waals surface area contributed by atoms with Crippen molar-refractivity contribution in [2.45, 2.75) is 31.1 Å². The Labute approximate surface area is 180 Å². The minimum absolute atomic E-state index is 0.201. The number of hydrogen-bond donors (Lipinski definition) is 0. The number of fused-ring (bicyclic) bond motifs is 4. The molecule has 0 fully saturated rings. The number of benzene rings is 4. The molecule has 0 N–H and O–H groups in total. The molecule has 2 aliphatic rings. The standard InChI is InChI=1S/C29H25P/c1-3-12-24(13-4-1)30(25-14-5-2-6-15-25)27-17-9-11-23-19-21-29(28(23)27)20-18-22-10-7-8-16-26(22)29/h1-17H,18-21H2/t29-/m1/s1. The van der Waals surface area contributed by atoms with Gasteiger partial charge in [-0.15, -0.1) is 0 Å². The van der Waals surface area contributed by atoms with Gasteiger partial charge < -0.3 is 0 Å². The molecule has 0 aromatic heterocycles. The van der Waals surface area contributed by atoms with Crippen LogP contribution < -0.4 is 15.9 Å². The monoisotopic (exact) mass is 404 g/mol. The molecule has 30 heavy (non-hydrogen) atoms. The van der Waals surface area contributed by atoms with Crippen LogP contribution in [0.1, 0.15) is 35.1 Å². The zero-order valence-electron chi connectivity index (χ0n) is 17.1. The van der Waals surface area contributed by atoms with Gasteiger partial charge in [0.2, 0.25) is 0 Å². The van der Waals surface area contributed by atoms with E-state index in [9.17, 15) is 0 Å². The van der Waals surface area contributed by atoms with Gasteiger partial charge in [-0.3, -0.25) is 0 Å². The second kappa shape index (κ2) is 7.22. The fourth-order valence-corrected chi connectivity index (χ4v) is 8.41. The van der Waals surface area contributed by atoms with Crippen molar-refractivity contribution in [3.05, 3.63) is 125 Å². The van der Waals surface area contributed by atoms with Crippen molar-refractivity contribution in [3.63, 3.8) is 0 Å². The van der Waals surface area contributed by atoms with Gasteiger partial charge in [0, 0.05) is 5.41 Å². The van der Waals surface area contributed by atoms with Gasteiger partial charge in [-0.1, -0.05) is 103 Å². The van der Waals surface area contributed by atoms with Gasteiger partial charge in [0.05, 0.1) is 0 Å². The topological polar surface area (TPSA) is 0 Å². The Morgan fingerprint density at radius 3 is 1.80 bits per heavy atom. The van der Waals surface area contributed by atoms with Gasteiger partial charge in [-0.25, -0.2) is 0 Å². The molecule has 1 heteroatoms. The third-order valence-electron chi connectivity index (χ3n) is 7.05. The van der Waals surface area contributed by atoms with E-state index in [0.717, 1.165) is 0 Å². The first-order valence-corrected chi connectivity index (χ1v) is 12.3. The zero-order chi connectivity index (χ0) is 20.0. The summed E-state index contributed by atoms with van der Waals surface area (Å²) in [5.74, 6) is 0. The second-order valence-electron chi connectivity index (χ2n) is 8.56. The lowest BCUT2D eigenvalue weighted by Crippen LogP contribution is -2.31. The van der Waals surface area contributed by atoms with Gasteiger partial charge in [0.15, 0.2) is 0 Å². The Morgan fingerprint density at radius 2 is 1.10 bits per heavy atom. The molecule has 146 valence electrons. The largest absolute Gasteiger partial charge is 0.0622 e. The summed E-state index contributed by atoms with van der Waals surface area (Å²) in [7, 11) is -0.580. The Bertz CT molecular complexity index is 1150. The Hall–Kier alpha value is -2.69. The molecule has 0 amide bonds. The van der Waals surface area contributed by atoms with Gasteiger partial charge >= 0.3 is 0 Å². The molecule has 0 saturated carbocycles. The molecule has 1 spiro atoms. The predicted octanol–water partition coefficient (Wildman–Crippen LogP) is 5.62. The lowest BCUT2D eigenvalue weighted by molar-refractivity contribution is 0.509. The maximum Gasteiger partial charge on any atom is 0.0221 e. The van der Waals surface area contributed by atoms with E-state index in [1.54, 1.807) is 27.6 Å². The van der Waals surface area contributed by atoms with Crippen molar-refractivity contribution >= 4 is 23.8 Å². The highest BCUT2D eigenvalue weighted by molar-refractivity contribution is 7.79. The normalized spacial score (nSPS) is 19.2. The summed E-state index contributed by atoms with van der Waals surface area (Å²) < 4.78 is 0. The zero-order valence-corrected chi connectivity index (χ0v) is 18.0. The van der Waals surface area contributed by atoms with Gasteiger partial charge in [-0.05, 0) is 71.8 Å². The summed E-state index contributed by atoms with van der Waals surface area (Å²) >= 11 is 0. The van der Waals surface area contributed by atoms with E-state index in [-0.39, 0.29) is 5.41 Å². The van der Waals surface area contributed by atoms with Crippen molar-refractivity contribution in [1.29, 1.82) is 0 Å². The maximum absolute atomic E-state index is 2.43. The van der Waals surface area contributed by atoms with Gasteiger partial charge in [0.25, 0.3) is 0 Å². The summed E-state index contributed by atoms with van der Waals surface area (Å²) in [6.45, 7) is 0. The van der Waals surface area contributed by atoms with Crippen LogP contribution in [0.4, 0.5) is 0 Å². The van der Waals surface area contributed by atoms with Crippen LogP contribution in [0.5, 0.6) is 0 Å². The minimum atomic E-state index is -0.580. The van der Waals surface area contributed by atoms with E-state index < -0.39 is 7.92 Å². The highest BCUT2D eigenvalue weighted by Crippen LogP contribution is 2.53. The lowest BCUT2D eigenvalue weighted by Gasteiger charge is -2.32. The second-order valence-corrected chi connectivity index (χ2v) is 10.7. The smallest absolute Gasteiger partial charge is 0.0221 e. The molecule has 4 aromatic carbocycles. The molecule has 0 aliphatic heterocycles. The lowest BCUT2D eigenvalue weighted by atomic mass is 9.77. The molecule has 0 saturated heterocycles. The first kappa shape index (κ1) is 18.1. The summed E-state index contributed by atoms with van der Waals surface area (Å²) in [5, 5.41) is 4.45. The summed E-state index contributed by atoms with van der Waals surface area (Å²) in [6.07, 6.45) is 4.91.